The first-order valence-electron chi connectivity index (χ1n) is 7.25. The van der Waals surface area contributed by atoms with Crippen molar-refractivity contribution in [3.8, 4) is 0 Å². The molecule has 7 nitrogen and oxygen atoms in total. The van der Waals surface area contributed by atoms with Crippen molar-refractivity contribution in [2.24, 2.45) is 0 Å². The Balaban J connectivity index is 2.50. The van der Waals surface area contributed by atoms with Crippen LogP contribution in [0.1, 0.15) is 26.7 Å². The second-order valence-electron chi connectivity index (χ2n) is 5.04. The van der Waals surface area contributed by atoms with Crippen LogP contribution in [0.2, 0.25) is 0 Å². The second kappa shape index (κ2) is 8.89. The van der Waals surface area contributed by atoms with Crippen molar-refractivity contribution in [3.63, 3.8) is 0 Å². The molecule has 2 unspecified atom stereocenters. The van der Waals surface area contributed by atoms with Crippen LogP contribution in [0, 0.1) is 0 Å². The van der Waals surface area contributed by atoms with Gasteiger partial charge in [-0.25, -0.2) is 4.79 Å². The minimum atomic E-state index is -0.479. The summed E-state index contributed by atoms with van der Waals surface area (Å²) in [5.74, 6) is -0.345. The molecule has 0 saturated carbocycles. The zero-order valence-electron chi connectivity index (χ0n) is 12.3. The molecule has 0 aromatic heterocycles. The minimum absolute atomic E-state index is 0.00844. The number of aliphatic hydroxyl groups is 1. The highest BCUT2D eigenvalue weighted by molar-refractivity contribution is 5.96. The lowest BCUT2D eigenvalue weighted by atomic mass is 10.1. The Bertz CT molecular complexity index is 319. The van der Waals surface area contributed by atoms with Crippen LogP contribution in [0.5, 0.6) is 0 Å². The van der Waals surface area contributed by atoms with Gasteiger partial charge in [-0.3, -0.25) is 15.0 Å². The number of hydrogen-bond donors (Lipinski definition) is 4. The average molecular weight is 286 g/mol. The average Bonchev–Trinajstić information content (AvgIpc) is 2.90. The summed E-state index contributed by atoms with van der Waals surface area (Å²) in [5, 5.41) is 17.3. The fraction of sp³-hybridized carbons (Fsp3) is 0.846. The van der Waals surface area contributed by atoms with Crippen LogP contribution in [0.15, 0.2) is 0 Å². The molecule has 3 amide bonds. The Morgan fingerprint density at radius 1 is 1.50 bits per heavy atom. The van der Waals surface area contributed by atoms with Gasteiger partial charge in [0.2, 0.25) is 5.91 Å². The highest BCUT2D eigenvalue weighted by Crippen LogP contribution is 2.09. The van der Waals surface area contributed by atoms with Crippen LogP contribution < -0.4 is 16.0 Å². The standard InChI is InChI=1S/C13H26N4O3/c1-3-14-13(20)16-12(19)10(2)17(7-8-18)9-11-5-4-6-15-11/h10-11,15,18H,3-9H2,1-2H3,(H2,14,16,19,20). The van der Waals surface area contributed by atoms with E-state index < -0.39 is 12.1 Å². The first kappa shape index (κ1) is 16.9. The fourth-order valence-corrected chi connectivity index (χ4v) is 2.35. The van der Waals surface area contributed by atoms with E-state index in [-0.39, 0.29) is 12.5 Å². The number of hydrogen-bond acceptors (Lipinski definition) is 5. The molecule has 0 aromatic rings. The molecule has 0 radical (unpaired) electrons. The third-order valence-electron chi connectivity index (χ3n) is 3.51. The van der Waals surface area contributed by atoms with Gasteiger partial charge in [0.25, 0.3) is 0 Å². The highest BCUT2D eigenvalue weighted by atomic mass is 16.3. The van der Waals surface area contributed by atoms with Gasteiger partial charge in [0.15, 0.2) is 0 Å². The third-order valence-corrected chi connectivity index (χ3v) is 3.51. The van der Waals surface area contributed by atoms with Crippen molar-refractivity contribution in [1.82, 2.24) is 20.9 Å². The number of carbonyl (C=O) groups excluding carboxylic acids is 2. The Morgan fingerprint density at radius 2 is 2.25 bits per heavy atom. The van der Waals surface area contributed by atoms with Crippen LogP contribution in [-0.2, 0) is 4.79 Å². The number of imide groups is 1. The summed E-state index contributed by atoms with van der Waals surface area (Å²) in [6.45, 7) is 6.12. The van der Waals surface area contributed by atoms with E-state index in [0.29, 0.717) is 25.7 Å². The number of urea groups is 1. The maximum Gasteiger partial charge on any atom is 0.321 e. The van der Waals surface area contributed by atoms with E-state index in [2.05, 4.69) is 16.0 Å². The summed E-state index contributed by atoms with van der Waals surface area (Å²) in [4.78, 5) is 25.3. The summed E-state index contributed by atoms with van der Waals surface area (Å²) in [7, 11) is 0. The molecule has 1 saturated heterocycles. The molecule has 2 atom stereocenters. The maximum absolute atomic E-state index is 12.0. The number of nitrogens with one attached hydrogen (secondary N) is 3. The summed E-state index contributed by atoms with van der Waals surface area (Å²) in [6.07, 6.45) is 2.21. The fourth-order valence-electron chi connectivity index (χ4n) is 2.35. The van der Waals surface area contributed by atoms with E-state index in [0.717, 1.165) is 19.4 Å². The van der Waals surface area contributed by atoms with Crippen LogP contribution in [0.25, 0.3) is 0 Å². The van der Waals surface area contributed by atoms with Crippen molar-refractivity contribution < 1.29 is 14.7 Å². The molecule has 116 valence electrons. The van der Waals surface area contributed by atoms with E-state index in [1.807, 2.05) is 4.90 Å². The van der Waals surface area contributed by atoms with Crippen molar-refractivity contribution in [3.05, 3.63) is 0 Å². The van der Waals surface area contributed by atoms with Gasteiger partial charge < -0.3 is 15.7 Å². The van der Waals surface area contributed by atoms with Crippen molar-refractivity contribution in [1.29, 1.82) is 0 Å². The monoisotopic (exact) mass is 286 g/mol. The normalized spacial score (nSPS) is 19.9. The Kier molecular flexibility index (Phi) is 7.50. The Morgan fingerprint density at radius 3 is 2.80 bits per heavy atom. The zero-order chi connectivity index (χ0) is 15.0. The largest absolute Gasteiger partial charge is 0.395 e. The molecule has 0 spiro atoms. The maximum atomic E-state index is 12.0. The third kappa shape index (κ3) is 5.44. The molecule has 1 heterocycles. The van der Waals surface area contributed by atoms with Crippen LogP contribution in [0.4, 0.5) is 4.79 Å². The number of carbonyl (C=O) groups is 2. The number of amides is 3. The van der Waals surface area contributed by atoms with E-state index in [1.165, 1.54) is 0 Å². The molecule has 1 aliphatic heterocycles. The highest BCUT2D eigenvalue weighted by Gasteiger charge is 2.26. The molecule has 0 aliphatic carbocycles. The smallest absolute Gasteiger partial charge is 0.321 e. The molecule has 1 fully saturated rings. The van der Waals surface area contributed by atoms with Crippen LogP contribution >= 0.6 is 0 Å². The Labute approximate surface area is 120 Å². The van der Waals surface area contributed by atoms with Gasteiger partial charge >= 0.3 is 6.03 Å². The van der Waals surface area contributed by atoms with Gasteiger partial charge in [0, 0.05) is 25.7 Å². The van der Waals surface area contributed by atoms with Gasteiger partial charge in [-0.1, -0.05) is 0 Å². The zero-order valence-corrected chi connectivity index (χ0v) is 12.3. The van der Waals surface area contributed by atoms with Gasteiger partial charge in [-0.05, 0) is 33.2 Å². The van der Waals surface area contributed by atoms with E-state index in [1.54, 1.807) is 13.8 Å². The van der Waals surface area contributed by atoms with Gasteiger partial charge in [-0.15, -0.1) is 0 Å². The first-order chi connectivity index (χ1) is 9.58. The molecule has 1 aliphatic rings. The summed E-state index contributed by atoms with van der Waals surface area (Å²) in [6, 6.07) is -0.583. The summed E-state index contributed by atoms with van der Waals surface area (Å²) in [5.41, 5.74) is 0. The SMILES string of the molecule is CCNC(=O)NC(=O)C(C)N(CCO)CC1CCCN1. The molecule has 0 aromatic carbocycles. The van der Waals surface area contributed by atoms with Crippen molar-refractivity contribution >= 4 is 11.9 Å². The van der Waals surface area contributed by atoms with Gasteiger partial charge in [-0.2, -0.15) is 0 Å². The lowest BCUT2D eigenvalue weighted by molar-refractivity contribution is -0.125. The molecule has 0 bridgehead atoms. The quantitative estimate of drug-likeness (QED) is 0.495. The summed E-state index contributed by atoms with van der Waals surface area (Å²) < 4.78 is 0. The second-order valence-corrected chi connectivity index (χ2v) is 5.04. The van der Waals surface area contributed by atoms with E-state index >= 15 is 0 Å². The topological polar surface area (TPSA) is 93.7 Å². The lowest BCUT2D eigenvalue weighted by Gasteiger charge is -2.29. The molecule has 1 rings (SSSR count). The predicted molar refractivity (Wildman–Crippen MR) is 76.4 cm³/mol. The molecular weight excluding hydrogens is 260 g/mol. The number of nitrogens with zero attached hydrogens (tertiary/aromatic N) is 1. The van der Waals surface area contributed by atoms with E-state index in [4.69, 9.17) is 5.11 Å². The summed E-state index contributed by atoms with van der Waals surface area (Å²) >= 11 is 0. The minimum Gasteiger partial charge on any atom is -0.395 e. The predicted octanol–water partition coefficient (Wildman–Crippen LogP) is -0.733. The van der Waals surface area contributed by atoms with Crippen LogP contribution in [-0.4, -0.2) is 66.8 Å². The van der Waals surface area contributed by atoms with E-state index in [9.17, 15) is 9.59 Å². The van der Waals surface area contributed by atoms with Crippen molar-refractivity contribution in [2.75, 3.05) is 32.8 Å². The van der Waals surface area contributed by atoms with Crippen molar-refractivity contribution in [2.45, 2.75) is 38.8 Å². The lowest BCUT2D eigenvalue weighted by Crippen LogP contribution is -2.52. The number of rotatable bonds is 7. The first-order valence-corrected chi connectivity index (χ1v) is 7.25. The van der Waals surface area contributed by atoms with Gasteiger partial charge in [0.05, 0.1) is 12.6 Å². The Hall–Kier alpha value is -1.18. The molecular formula is C13H26N4O3. The number of aliphatic hydroxyl groups excluding tert-OH is 1. The molecule has 20 heavy (non-hydrogen) atoms. The van der Waals surface area contributed by atoms with Crippen LogP contribution in [0.3, 0.4) is 0 Å². The molecule has 4 N–H and O–H groups in total. The molecule has 7 heteroatoms. The van der Waals surface area contributed by atoms with Gasteiger partial charge in [0.1, 0.15) is 0 Å².